The van der Waals surface area contributed by atoms with E-state index < -0.39 is 24.1 Å². The molecule has 1 aliphatic heterocycles. The Labute approximate surface area is 165 Å². The van der Waals surface area contributed by atoms with Crippen molar-refractivity contribution in [2.24, 2.45) is 5.92 Å². The van der Waals surface area contributed by atoms with Crippen molar-refractivity contribution in [1.82, 2.24) is 15.1 Å². The van der Waals surface area contributed by atoms with E-state index in [-0.39, 0.29) is 30.4 Å². The highest BCUT2D eigenvalue weighted by atomic mass is 16.5. The Hall–Kier alpha value is -2.12. The first-order chi connectivity index (χ1) is 13.3. The van der Waals surface area contributed by atoms with Crippen LogP contribution in [0.1, 0.15) is 64.7 Å². The number of amides is 4. The third kappa shape index (κ3) is 4.00. The zero-order chi connectivity index (χ0) is 20.3. The van der Waals surface area contributed by atoms with Crippen LogP contribution in [0.15, 0.2) is 0 Å². The summed E-state index contributed by atoms with van der Waals surface area (Å²) in [6.45, 7) is 1.13. The fourth-order valence-electron chi connectivity index (χ4n) is 4.73. The van der Waals surface area contributed by atoms with Gasteiger partial charge >= 0.3 is 12.0 Å². The SMILES string of the molecule is CC1CCCCC12NC(=O)N(CC(=O)OCC(=O)N(C)C1CCCCC1)C2=O. The summed E-state index contributed by atoms with van der Waals surface area (Å²) >= 11 is 0. The molecular formula is C20H31N3O5. The minimum Gasteiger partial charge on any atom is -0.454 e. The van der Waals surface area contributed by atoms with Crippen LogP contribution in [0.4, 0.5) is 4.79 Å². The highest BCUT2D eigenvalue weighted by molar-refractivity contribution is 6.09. The Balaban J connectivity index is 1.51. The number of carbonyl (C=O) groups is 4. The fraction of sp³-hybridized carbons (Fsp3) is 0.800. The van der Waals surface area contributed by atoms with Gasteiger partial charge in [0, 0.05) is 13.1 Å². The molecule has 0 bridgehead atoms. The van der Waals surface area contributed by atoms with Gasteiger partial charge in [0.2, 0.25) is 0 Å². The van der Waals surface area contributed by atoms with Gasteiger partial charge in [0.15, 0.2) is 6.61 Å². The van der Waals surface area contributed by atoms with Crippen LogP contribution in [0.5, 0.6) is 0 Å². The minimum atomic E-state index is -0.896. The van der Waals surface area contributed by atoms with Crippen molar-refractivity contribution in [3.05, 3.63) is 0 Å². The molecule has 0 aromatic rings. The standard InChI is InChI=1S/C20H31N3O5/c1-14-8-6-7-11-20(14)18(26)23(19(27)21-20)12-17(25)28-13-16(24)22(2)15-9-4-3-5-10-15/h14-15H,3-13H2,1-2H3,(H,21,27). The zero-order valence-electron chi connectivity index (χ0n) is 16.9. The Bertz CT molecular complexity index is 646. The van der Waals surface area contributed by atoms with Crippen molar-refractivity contribution in [3.8, 4) is 0 Å². The van der Waals surface area contributed by atoms with Crippen molar-refractivity contribution in [1.29, 1.82) is 0 Å². The molecule has 4 amide bonds. The number of nitrogens with one attached hydrogen (secondary N) is 1. The van der Waals surface area contributed by atoms with Gasteiger partial charge in [0.05, 0.1) is 0 Å². The van der Waals surface area contributed by atoms with Crippen molar-refractivity contribution < 1.29 is 23.9 Å². The maximum atomic E-state index is 12.9. The van der Waals surface area contributed by atoms with Gasteiger partial charge in [0.25, 0.3) is 11.8 Å². The second kappa shape index (κ2) is 8.49. The first-order valence-corrected chi connectivity index (χ1v) is 10.4. The van der Waals surface area contributed by atoms with E-state index in [2.05, 4.69) is 5.32 Å². The number of imide groups is 1. The second-order valence-corrected chi connectivity index (χ2v) is 8.40. The molecule has 1 saturated heterocycles. The van der Waals surface area contributed by atoms with E-state index in [0.717, 1.165) is 49.8 Å². The molecule has 2 aliphatic carbocycles. The van der Waals surface area contributed by atoms with E-state index in [1.54, 1.807) is 11.9 Å². The molecule has 1 spiro atoms. The quantitative estimate of drug-likeness (QED) is 0.568. The highest BCUT2D eigenvalue weighted by Crippen LogP contribution is 2.38. The summed E-state index contributed by atoms with van der Waals surface area (Å²) in [6, 6.07) is -0.361. The van der Waals surface area contributed by atoms with Crippen LogP contribution in [0, 0.1) is 5.92 Å². The molecule has 0 radical (unpaired) electrons. The predicted molar refractivity (Wildman–Crippen MR) is 101 cm³/mol. The van der Waals surface area contributed by atoms with Gasteiger partial charge in [-0.05, 0) is 31.6 Å². The molecule has 0 aromatic heterocycles. The molecule has 0 aromatic carbocycles. The lowest BCUT2D eigenvalue weighted by Gasteiger charge is -2.36. The fourth-order valence-corrected chi connectivity index (χ4v) is 4.73. The number of hydrogen-bond acceptors (Lipinski definition) is 5. The van der Waals surface area contributed by atoms with Crippen LogP contribution in [-0.4, -0.2) is 65.4 Å². The number of carbonyl (C=O) groups excluding carboxylic acids is 4. The Morgan fingerprint density at radius 3 is 2.50 bits per heavy atom. The molecule has 2 atom stereocenters. The largest absolute Gasteiger partial charge is 0.454 e. The smallest absolute Gasteiger partial charge is 0.326 e. The molecule has 28 heavy (non-hydrogen) atoms. The monoisotopic (exact) mass is 393 g/mol. The molecular weight excluding hydrogens is 362 g/mol. The molecule has 8 nitrogen and oxygen atoms in total. The third-order valence-electron chi connectivity index (χ3n) is 6.66. The number of likely N-dealkylation sites (N-methyl/N-ethyl adjacent to an activating group) is 1. The van der Waals surface area contributed by atoms with Crippen LogP contribution in [0.25, 0.3) is 0 Å². The van der Waals surface area contributed by atoms with Crippen molar-refractivity contribution in [2.75, 3.05) is 20.2 Å². The molecule has 2 unspecified atom stereocenters. The van der Waals surface area contributed by atoms with Crippen LogP contribution in [0.2, 0.25) is 0 Å². The molecule has 3 aliphatic rings. The van der Waals surface area contributed by atoms with Gasteiger partial charge in [-0.2, -0.15) is 0 Å². The van der Waals surface area contributed by atoms with Crippen molar-refractivity contribution in [3.63, 3.8) is 0 Å². The first kappa shape index (κ1) is 20.6. The molecule has 3 fully saturated rings. The van der Waals surface area contributed by atoms with E-state index in [1.165, 1.54) is 6.42 Å². The number of ether oxygens (including phenoxy) is 1. The Morgan fingerprint density at radius 1 is 1.14 bits per heavy atom. The number of nitrogens with zero attached hydrogens (tertiary/aromatic N) is 2. The van der Waals surface area contributed by atoms with E-state index in [9.17, 15) is 19.2 Å². The van der Waals surface area contributed by atoms with Crippen LogP contribution >= 0.6 is 0 Å². The van der Waals surface area contributed by atoms with Crippen molar-refractivity contribution in [2.45, 2.75) is 76.3 Å². The highest BCUT2D eigenvalue weighted by Gasteiger charge is 2.55. The molecule has 1 N–H and O–H groups in total. The molecule has 156 valence electrons. The van der Waals surface area contributed by atoms with Gasteiger partial charge in [-0.1, -0.05) is 39.0 Å². The number of rotatable bonds is 5. The summed E-state index contributed by atoms with van der Waals surface area (Å²) in [5.41, 5.74) is -0.896. The summed E-state index contributed by atoms with van der Waals surface area (Å²) in [5, 5.41) is 2.80. The maximum absolute atomic E-state index is 12.9. The maximum Gasteiger partial charge on any atom is 0.326 e. The summed E-state index contributed by atoms with van der Waals surface area (Å²) in [5.74, 6) is -1.32. The van der Waals surface area contributed by atoms with E-state index in [1.807, 2.05) is 6.92 Å². The normalized spacial score (nSPS) is 28.4. The lowest BCUT2D eigenvalue weighted by molar-refractivity contribution is -0.154. The number of urea groups is 1. The Morgan fingerprint density at radius 2 is 1.82 bits per heavy atom. The summed E-state index contributed by atoms with van der Waals surface area (Å²) in [4.78, 5) is 52.2. The van der Waals surface area contributed by atoms with Gasteiger partial charge in [-0.15, -0.1) is 0 Å². The van der Waals surface area contributed by atoms with E-state index in [0.29, 0.717) is 6.42 Å². The molecule has 1 heterocycles. The van der Waals surface area contributed by atoms with Gasteiger partial charge in [-0.3, -0.25) is 19.3 Å². The van der Waals surface area contributed by atoms with E-state index >= 15 is 0 Å². The van der Waals surface area contributed by atoms with Crippen LogP contribution < -0.4 is 5.32 Å². The number of esters is 1. The molecule has 2 saturated carbocycles. The average molecular weight is 393 g/mol. The Kier molecular flexibility index (Phi) is 6.25. The predicted octanol–water partition coefficient (Wildman–Crippen LogP) is 1.82. The van der Waals surface area contributed by atoms with Gasteiger partial charge in [0.1, 0.15) is 12.1 Å². The topological polar surface area (TPSA) is 96.0 Å². The summed E-state index contributed by atoms with van der Waals surface area (Å²) in [6.07, 6.45) is 8.71. The zero-order valence-corrected chi connectivity index (χ0v) is 16.9. The van der Waals surface area contributed by atoms with Gasteiger partial charge in [-0.25, -0.2) is 4.79 Å². The minimum absolute atomic E-state index is 0.0319. The van der Waals surface area contributed by atoms with Crippen LogP contribution in [0.3, 0.4) is 0 Å². The lowest BCUT2D eigenvalue weighted by atomic mass is 9.73. The third-order valence-corrected chi connectivity index (χ3v) is 6.66. The number of hydrogen-bond donors (Lipinski definition) is 1. The summed E-state index contributed by atoms with van der Waals surface area (Å²) < 4.78 is 5.07. The first-order valence-electron chi connectivity index (χ1n) is 10.4. The van der Waals surface area contributed by atoms with Crippen LogP contribution in [-0.2, 0) is 19.1 Å². The molecule has 8 heteroatoms. The molecule has 3 rings (SSSR count). The van der Waals surface area contributed by atoms with E-state index in [4.69, 9.17) is 4.74 Å². The van der Waals surface area contributed by atoms with Crippen molar-refractivity contribution >= 4 is 23.8 Å². The average Bonchev–Trinajstić information content (AvgIpc) is 2.93. The summed E-state index contributed by atoms with van der Waals surface area (Å²) in [7, 11) is 1.73. The second-order valence-electron chi connectivity index (χ2n) is 8.40. The van der Waals surface area contributed by atoms with Gasteiger partial charge < -0.3 is 15.0 Å². The lowest BCUT2D eigenvalue weighted by Crippen LogP contribution is -2.54.